The molecule has 6 rings (SSSR count). The fourth-order valence-corrected chi connectivity index (χ4v) is 6.90. The van der Waals surface area contributed by atoms with Gasteiger partial charge in [-0.2, -0.15) is 0 Å². The highest BCUT2D eigenvalue weighted by molar-refractivity contribution is 7.99. The summed E-state index contributed by atoms with van der Waals surface area (Å²) < 4.78 is 3.64. The van der Waals surface area contributed by atoms with Crippen LogP contribution in [0.2, 0.25) is 0 Å². The Balaban J connectivity index is 1.55. The number of aromatic nitrogens is 4. The quantitative estimate of drug-likeness (QED) is 0.191. The van der Waals surface area contributed by atoms with Gasteiger partial charge in [-0.3, -0.25) is 9.59 Å². The van der Waals surface area contributed by atoms with Gasteiger partial charge in [0.05, 0.1) is 16.8 Å². The second-order valence-corrected chi connectivity index (χ2v) is 10.4. The van der Waals surface area contributed by atoms with Crippen molar-refractivity contribution in [3.63, 3.8) is 0 Å². The van der Waals surface area contributed by atoms with Crippen molar-refractivity contribution in [2.45, 2.75) is 37.3 Å². The van der Waals surface area contributed by atoms with Gasteiger partial charge in [-0.25, -0.2) is 8.97 Å². The first-order valence-corrected chi connectivity index (χ1v) is 13.2. The summed E-state index contributed by atoms with van der Waals surface area (Å²) in [6.07, 6.45) is 5.34. The Bertz CT molecular complexity index is 1570. The van der Waals surface area contributed by atoms with E-state index in [4.69, 9.17) is 0 Å². The van der Waals surface area contributed by atoms with E-state index in [-0.39, 0.29) is 17.1 Å². The summed E-state index contributed by atoms with van der Waals surface area (Å²) in [7, 11) is 0. The molecule has 3 aromatic heterocycles. The van der Waals surface area contributed by atoms with Crippen molar-refractivity contribution in [3.8, 4) is 5.69 Å². The number of rotatable bonds is 5. The van der Waals surface area contributed by atoms with Gasteiger partial charge >= 0.3 is 0 Å². The van der Waals surface area contributed by atoms with Gasteiger partial charge in [0.1, 0.15) is 4.83 Å². The molecule has 34 heavy (non-hydrogen) atoms. The molecule has 3 heterocycles. The monoisotopic (exact) mass is 486 g/mol. The predicted octanol–water partition coefficient (Wildman–Crippen LogP) is 5.34. The maximum Gasteiger partial charge on any atom is 0.268 e. The van der Waals surface area contributed by atoms with E-state index in [9.17, 15) is 9.59 Å². The molecule has 0 aliphatic heterocycles. The first-order chi connectivity index (χ1) is 16.7. The zero-order valence-corrected chi connectivity index (χ0v) is 20.1. The minimum atomic E-state index is -0.0441. The van der Waals surface area contributed by atoms with Crippen molar-refractivity contribution in [1.82, 2.24) is 19.2 Å². The molecule has 1 aliphatic carbocycles. The number of benzene rings is 2. The molecule has 6 nitrogen and oxygen atoms in total. The molecule has 5 aromatic rings. The Morgan fingerprint density at radius 1 is 0.941 bits per heavy atom. The molecule has 0 saturated heterocycles. The molecule has 1 aliphatic rings. The molecule has 0 unspecified atom stereocenters. The molecule has 0 bridgehead atoms. The van der Waals surface area contributed by atoms with E-state index < -0.39 is 0 Å². The third-order valence-electron chi connectivity index (χ3n) is 6.28. The number of carbonyl (C=O) groups is 1. The molecule has 170 valence electrons. The Morgan fingerprint density at radius 3 is 2.47 bits per heavy atom. The topological polar surface area (TPSA) is 69.3 Å². The van der Waals surface area contributed by atoms with Gasteiger partial charge in [-0.15, -0.1) is 21.5 Å². The van der Waals surface area contributed by atoms with E-state index in [1.165, 1.54) is 28.6 Å². The summed E-state index contributed by atoms with van der Waals surface area (Å²) in [5, 5.41) is 10.3. The Labute approximate surface area is 204 Å². The van der Waals surface area contributed by atoms with Crippen LogP contribution in [0.3, 0.4) is 0 Å². The number of Topliss-reactive ketones (excluding diaryl/α,β-unsaturated/α-hetero) is 1. The molecule has 0 saturated carbocycles. The maximum absolute atomic E-state index is 13.9. The lowest BCUT2D eigenvalue weighted by atomic mass is 10.1. The molecule has 0 radical (unpaired) electrons. The van der Waals surface area contributed by atoms with Crippen LogP contribution in [-0.2, 0) is 12.8 Å². The third-order valence-corrected chi connectivity index (χ3v) is 8.49. The standard InChI is InChI=1S/C26H22N4O2S2/c31-20(17-10-4-1-5-11-17)16-33-26-28-27-25-29(18-12-6-2-7-13-18)23(32)22-19-14-8-3-9-15-21(19)34-24(22)30(25)26/h1-2,4-7,10-13H,3,8-9,14-16H2. The third kappa shape index (κ3) is 3.58. The molecule has 2 aromatic carbocycles. The molecule has 0 spiro atoms. The maximum atomic E-state index is 13.9. The van der Waals surface area contributed by atoms with Crippen molar-refractivity contribution >= 4 is 44.9 Å². The first kappa shape index (κ1) is 21.3. The molecule has 0 atom stereocenters. The Hall–Kier alpha value is -3.23. The molecular formula is C26H22N4O2S2. The van der Waals surface area contributed by atoms with Gasteiger partial charge in [-0.1, -0.05) is 66.7 Å². The van der Waals surface area contributed by atoms with Gasteiger partial charge < -0.3 is 0 Å². The van der Waals surface area contributed by atoms with E-state index in [2.05, 4.69) is 10.2 Å². The minimum absolute atomic E-state index is 0.0388. The normalized spacial score (nSPS) is 13.8. The van der Waals surface area contributed by atoms with Crippen LogP contribution in [0, 0.1) is 0 Å². The van der Waals surface area contributed by atoms with Crippen LogP contribution in [0.4, 0.5) is 0 Å². The number of carbonyl (C=O) groups excluding carboxylic acids is 1. The minimum Gasteiger partial charge on any atom is -0.293 e. The van der Waals surface area contributed by atoms with Crippen molar-refractivity contribution in [1.29, 1.82) is 0 Å². The highest BCUT2D eigenvalue weighted by Crippen LogP contribution is 2.36. The lowest BCUT2D eigenvalue weighted by molar-refractivity contribution is 0.102. The average Bonchev–Trinajstić information content (AvgIpc) is 3.37. The number of nitrogens with zero attached hydrogens (tertiary/aromatic N) is 4. The zero-order chi connectivity index (χ0) is 23.1. The zero-order valence-electron chi connectivity index (χ0n) is 18.4. The summed E-state index contributed by atoms with van der Waals surface area (Å²) in [4.78, 5) is 28.8. The summed E-state index contributed by atoms with van der Waals surface area (Å²) in [5.41, 5.74) is 2.58. The smallest absolute Gasteiger partial charge is 0.268 e. The number of thioether (sulfide) groups is 1. The van der Waals surface area contributed by atoms with Crippen LogP contribution < -0.4 is 5.56 Å². The number of aryl methyl sites for hydroxylation is 2. The Morgan fingerprint density at radius 2 is 1.68 bits per heavy atom. The average molecular weight is 487 g/mol. The summed E-state index contributed by atoms with van der Waals surface area (Å²) in [6.45, 7) is 0. The van der Waals surface area contributed by atoms with Crippen LogP contribution in [0.15, 0.2) is 70.6 Å². The van der Waals surface area contributed by atoms with Gasteiger partial charge in [0.2, 0.25) is 5.78 Å². The number of hydrogen-bond donors (Lipinski definition) is 0. The highest BCUT2D eigenvalue weighted by Gasteiger charge is 2.25. The molecule has 0 N–H and O–H groups in total. The van der Waals surface area contributed by atoms with E-state index in [1.54, 1.807) is 15.9 Å². The number of ketones is 1. The van der Waals surface area contributed by atoms with E-state index in [1.807, 2.05) is 65.1 Å². The van der Waals surface area contributed by atoms with Crippen LogP contribution in [0.25, 0.3) is 21.7 Å². The van der Waals surface area contributed by atoms with E-state index in [0.29, 0.717) is 16.5 Å². The van der Waals surface area contributed by atoms with Crippen LogP contribution in [0.1, 0.15) is 40.1 Å². The molecule has 0 amide bonds. The largest absolute Gasteiger partial charge is 0.293 e. The predicted molar refractivity (Wildman–Crippen MR) is 137 cm³/mol. The lowest BCUT2D eigenvalue weighted by Gasteiger charge is -2.10. The van der Waals surface area contributed by atoms with Crippen LogP contribution >= 0.6 is 23.1 Å². The second-order valence-electron chi connectivity index (χ2n) is 8.42. The van der Waals surface area contributed by atoms with Crippen LogP contribution in [0.5, 0.6) is 0 Å². The van der Waals surface area contributed by atoms with Crippen molar-refractivity contribution < 1.29 is 4.79 Å². The van der Waals surface area contributed by atoms with E-state index in [0.717, 1.165) is 41.6 Å². The van der Waals surface area contributed by atoms with Gasteiger partial charge in [0, 0.05) is 10.4 Å². The number of fused-ring (bicyclic) bond motifs is 5. The Kier molecular flexibility index (Phi) is 5.55. The van der Waals surface area contributed by atoms with Crippen molar-refractivity contribution in [2.24, 2.45) is 0 Å². The fourth-order valence-electron chi connectivity index (χ4n) is 4.63. The number of para-hydroxylation sites is 1. The van der Waals surface area contributed by atoms with Crippen molar-refractivity contribution in [2.75, 3.05) is 5.75 Å². The summed E-state index contributed by atoms with van der Waals surface area (Å²) in [5.74, 6) is 0.772. The SMILES string of the molecule is O=C(CSc1nnc2n(-c3ccccc3)c(=O)c3c4c(sc3n12)CCCCC4)c1ccccc1. The van der Waals surface area contributed by atoms with Gasteiger partial charge in [-0.05, 0) is 43.4 Å². The van der Waals surface area contributed by atoms with Gasteiger partial charge in [0.15, 0.2) is 10.9 Å². The second kappa shape index (κ2) is 8.85. The first-order valence-electron chi connectivity index (χ1n) is 11.4. The lowest BCUT2D eigenvalue weighted by Crippen LogP contribution is -2.22. The van der Waals surface area contributed by atoms with E-state index >= 15 is 0 Å². The fraction of sp³-hybridized carbons (Fsp3) is 0.231. The van der Waals surface area contributed by atoms with Crippen LogP contribution in [-0.4, -0.2) is 30.7 Å². The van der Waals surface area contributed by atoms with Crippen molar-refractivity contribution in [3.05, 3.63) is 87.0 Å². The molecular weight excluding hydrogens is 464 g/mol. The number of hydrogen-bond acceptors (Lipinski definition) is 6. The molecule has 0 fully saturated rings. The summed E-state index contributed by atoms with van der Waals surface area (Å²) in [6, 6.07) is 18.9. The van der Waals surface area contributed by atoms with Gasteiger partial charge in [0.25, 0.3) is 5.56 Å². The molecule has 8 heteroatoms. The highest BCUT2D eigenvalue weighted by atomic mass is 32.2. The number of thiophene rings is 1. The summed E-state index contributed by atoms with van der Waals surface area (Å²) >= 11 is 3.05.